The molecule has 3 aromatic rings. The molecular formula is C22H21N3O2. The number of nitrogen functional groups attached to an aromatic ring is 1. The molecule has 4 N–H and O–H groups in total. The Hall–Kier alpha value is -3.60. The highest BCUT2D eigenvalue weighted by Crippen LogP contribution is 2.16. The summed E-state index contributed by atoms with van der Waals surface area (Å²) >= 11 is 0. The van der Waals surface area contributed by atoms with Crippen molar-refractivity contribution in [1.29, 1.82) is 0 Å². The van der Waals surface area contributed by atoms with Gasteiger partial charge in [-0.3, -0.25) is 9.59 Å². The summed E-state index contributed by atoms with van der Waals surface area (Å²) in [6.45, 7) is 1.90. The maximum Gasteiger partial charge on any atom is 0.255 e. The number of anilines is 3. The molecule has 3 aromatic carbocycles. The SMILES string of the molecule is Cc1ccccc1C(=O)Nc1ccc(NC(=O)Cc2ccc(N)cc2)cc1. The Morgan fingerprint density at radius 2 is 1.41 bits per heavy atom. The topological polar surface area (TPSA) is 84.2 Å². The molecule has 0 aromatic heterocycles. The minimum Gasteiger partial charge on any atom is -0.399 e. The van der Waals surface area contributed by atoms with Crippen molar-refractivity contribution in [2.75, 3.05) is 16.4 Å². The zero-order chi connectivity index (χ0) is 19.2. The lowest BCUT2D eigenvalue weighted by Crippen LogP contribution is -2.15. The number of nitrogens with two attached hydrogens (primary N) is 1. The molecule has 0 atom stereocenters. The van der Waals surface area contributed by atoms with Crippen LogP contribution < -0.4 is 16.4 Å². The number of carbonyl (C=O) groups excluding carboxylic acids is 2. The van der Waals surface area contributed by atoms with E-state index in [1.54, 1.807) is 42.5 Å². The van der Waals surface area contributed by atoms with Crippen LogP contribution in [-0.4, -0.2) is 11.8 Å². The average molecular weight is 359 g/mol. The van der Waals surface area contributed by atoms with Gasteiger partial charge in [0.25, 0.3) is 5.91 Å². The fourth-order valence-corrected chi connectivity index (χ4v) is 2.69. The minimum atomic E-state index is -0.159. The van der Waals surface area contributed by atoms with E-state index in [0.29, 0.717) is 22.6 Å². The molecule has 5 nitrogen and oxygen atoms in total. The molecule has 0 saturated heterocycles. The Balaban J connectivity index is 1.58. The van der Waals surface area contributed by atoms with E-state index in [1.807, 2.05) is 37.3 Å². The van der Waals surface area contributed by atoms with E-state index in [4.69, 9.17) is 5.73 Å². The molecule has 3 rings (SSSR count). The van der Waals surface area contributed by atoms with Crippen LogP contribution in [0.5, 0.6) is 0 Å². The molecule has 136 valence electrons. The van der Waals surface area contributed by atoms with Crippen molar-refractivity contribution >= 4 is 28.9 Å². The maximum atomic E-state index is 12.3. The van der Waals surface area contributed by atoms with Crippen LogP contribution in [0, 0.1) is 6.92 Å². The van der Waals surface area contributed by atoms with Gasteiger partial charge in [0.2, 0.25) is 5.91 Å². The molecule has 0 spiro atoms. The third-order valence-corrected chi connectivity index (χ3v) is 4.16. The number of hydrogen-bond acceptors (Lipinski definition) is 3. The van der Waals surface area contributed by atoms with Gasteiger partial charge in [-0.05, 0) is 60.5 Å². The monoisotopic (exact) mass is 359 g/mol. The number of aryl methyl sites for hydroxylation is 1. The summed E-state index contributed by atoms with van der Waals surface area (Å²) in [5, 5.41) is 5.70. The zero-order valence-electron chi connectivity index (χ0n) is 15.0. The van der Waals surface area contributed by atoms with Gasteiger partial charge >= 0.3 is 0 Å². The first-order valence-electron chi connectivity index (χ1n) is 8.62. The number of benzene rings is 3. The van der Waals surface area contributed by atoms with Crippen molar-refractivity contribution < 1.29 is 9.59 Å². The lowest BCUT2D eigenvalue weighted by molar-refractivity contribution is -0.115. The molecule has 0 bridgehead atoms. The second kappa shape index (κ2) is 8.19. The van der Waals surface area contributed by atoms with E-state index < -0.39 is 0 Å². The first-order chi connectivity index (χ1) is 13.0. The Morgan fingerprint density at radius 3 is 2.04 bits per heavy atom. The molecule has 0 heterocycles. The number of hydrogen-bond donors (Lipinski definition) is 3. The number of carbonyl (C=O) groups is 2. The second-order valence-electron chi connectivity index (χ2n) is 6.31. The van der Waals surface area contributed by atoms with Gasteiger partial charge in [0.05, 0.1) is 6.42 Å². The Labute approximate surface area is 158 Å². The van der Waals surface area contributed by atoms with Gasteiger partial charge in [-0.25, -0.2) is 0 Å². The van der Waals surface area contributed by atoms with Crippen LogP contribution in [0.25, 0.3) is 0 Å². The normalized spacial score (nSPS) is 10.3. The molecule has 27 heavy (non-hydrogen) atoms. The van der Waals surface area contributed by atoms with Crippen molar-refractivity contribution in [3.8, 4) is 0 Å². The summed E-state index contributed by atoms with van der Waals surface area (Å²) in [4.78, 5) is 24.5. The first-order valence-corrected chi connectivity index (χ1v) is 8.62. The molecule has 2 amide bonds. The highest BCUT2D eigenvalue weighted by atomic mass is 16.2. The van der Waals surface area contributed by atoms with Gasteiger partial charge in [-0.2, -0.15) is 0 Å². The number of rotatable bonds is 5. The maximum absolute atomic E-state index is 12.3. The Bertz CT molecular complexity index is 948. The van der Waals surface area contributed by atoms with Gasteiger partial charge in [0, 0.05) is 22.6 Å². The summed E-state index contributed by atoms with van der Waals surface area (Å²) in [6, 6.07) is 21.7. The van der Waals surface area contributed by atoms with Crippen LogP contribution in [0.4, 0.5) is 17.1 Å². The molecule has 0 aliphatic rings. The van der Waals surface area contributed by atoms with Crippen LogP contribution in [0.2, 0.25) is 0 Å². The van der Waals surface area contributed by atoms with Crippen molar-refractivity contribution in [2.24, 2.45) is 0 Å². The van der Waals surface area contributed by atoms with Gasteiger partial charge in [-0.1, -0.05) is 30.3 Å². The van der Waals surface area contributed by atoms with Crippen LogP contribution in [0.15, 0.2) is 72.8 Å². The van der Waals surface area contributed by atoms with Gasteiger partial charge in [-0.15, -0.1) is 0 Å². The predicted octanol–water partition coefficient (Wildman–Crippen LogP) is 4.01. The lowest BCUT2D eigenvalue weighted by Gasteiger charge is -2.09. The summed E-state index contributed by atoms with van der Waals surface area (Å²) < 4.78 is 0. The molecule has 0 radical (unpaired) electrons. The Kier molecular flexibility index (Phi) is 5.52. The van der Waals surface area contributed by atoms with Crippen LogP contribution >= 0.6 is 0 Å². The fraction of sp³-hybridized carbons (Fsp3) is 0.0909. The van der Waals surface area contributed by atoms with Crippen LogP contribution in [-0.2, 0) is 11.2 Å². The van der Waals surface area contributed by atoms with E-state index in [-0.39, 0.29) is 18.2 Å². The summed E-state index contributed by atoms with van der Waals surface area (Å²) in [6.07, 6.45) is 0.270. The summed E-state index contributed by atoms with van der Waals surface area (Å²) in [5.74, 6) is -0.273. The minimum absolute atomic E-state index is 0.114. The van der Waals surface area contributed by atoms with Gasteiger partial charge in [0.15, 0.2) is 0 Å². The predicted molar refractivity (Wildman–Crippen MR) is 109 cm³/mol. The van der Waals surface area contributed by atoms with E-state index >= 15 is 0 Å². The molecule has 0 aliphatic heterocycles. The van der Waals surface area contributed by atoms with E-state index in [9.17, 15) is 9.59 Å². The molecule has 5 heteroatoms. The summed E-state index contributed by atoms with van der Waals surface area (Å²) in [7, 11) is 0. The third-order valence-electron chi connectivity index (χ3n) is 4.16. The van der Waals surface area contributed by atoms with E-state index in [1.165, 1.54) is 0 Å². The lowest BCUT2D eigenvalue weighted by atomic mass is 10.1. The van der Waals surface area contributed by atoms with Crippen LogP contribution in [0.3, 0.4) is 0 Å². The smallest absolute Gasteiger partial charge is 0.255 e. The molecule has 0 fully saturated rings. The standard InChI is InChI=1S/C22H21N3O2/c1-15-4-2-3-5-20(15)22(27)25-19-12-10-18(11-13-19)24-21(26)14-16-6-8-17(23)9-7-16/h2-13H,14,23H2,1H3,(H,24,26)(H,25,27). The number of nitrogens with one attached hydrogen (secondary N) is 2. The van der Waals surface area contributed by atoms with Gasteiger partial charge in [0.1, 0.15) is 0 Å². The quantitative estimate of drug-likeness (QED) is 0.602. The van der Waals surface area contributed by atoms with Crippen LogP contribution in [0.1, 0.15) is 21.5 Å². The van der Waals surface area contributed by atoms with Crippen molar-refractivity contribution in [1.82, 2.24) is 0 Å². The number of amides is 2. The molecule has 0 aliphatic carbocycles. The fourth-order valence-electron chi connectivity index (χ4n) is 2.69. The molecular weight excluding hydrogens is 338 g/mol. The van der Waals surface area contributed by atoms with Crippen molar-refractivity contribution in [3.63, 3.8) is 0 Å². The third kappa shape index (κ3) is 4.95. The van der Waals surface area contributed by atoms with Crippen molar-refractivity contribution in [3.05, 3.63) is 89.5 Å². The van der Waals surface area contributed by atoms with E-state index in [0.717, 1.165) is 11.1 Å². The summed E-state index contributed by atoms with van der Waals surface area (Å²) in [5.41, 5.74) is 10.1. The first kappa shape index (κ1) is 18.2. The van der Waals surface area contributed by atoms with E-state index in [2.05, 4.69) is 10.6 Å². The molecule has 0 saturated carbocycles. The average Bonchev–Trinajstić information content (AvgIpc) is 2.65. The second-order valence-corrected chi connectivity index (χ2v) is 6.31. The van der Waals surface area contributed by atoms with Crippen molar-refractivity contribution in [2.45, 2.75) is 13.3 Å². The highest BCUT2D eigenvalue weighted by Gasteiger charge is 2.09. The Morgan fingerprint density at radius 1 is 0.815 bits per heavy atom. The zero-order valence-corrected chi connectivity index (χ0v) is 15.0. The highest BCUT2D eigenvalue weighted by molar-refractivity contribution is 6.05. The largest absolute Gasteiger partial charge is 0.399 e. The van der Waals surface area contributed by atoms with Gasteiger partial charge < -0.3 is 16.4 Å². The molecule has 0 unspecified atom stereocenters.